The predicted molar refractivity (Wildman–Crippen MR) is 143 cm³/mol. The lowest BCUT2D eigenvalue weighted by Crippen LogP contribution is -2.42. The number of hydrogen-bond donors (Lipinski definition) is 3. The van der Waals surface area contributed by atoms with Crippen LogP contribution in [0.2, 0.25) is 0 Å². The number of aliphatic hydroxyl groups excluding tert-OH is 1. The predicted octanol–water partition coefficient (Wildman–Crippen LogP) is 3.45. The summed E-state index contributed by atoms with van der Waals surface area (Å²) in [5.41, 5.74) is 5.16. The molecule has 0 aliphatic heterocycles. The molecule has 2 aromatic heterocycles. The zero-order valence-corrected chi connectivity index (χ0v) is 22.0. The normalized spacial score (nSPS) is 13.0. The second-order valence-corrected chi connectivity index (χ2v) is 11.6. The third kappa shape index (κ3) is 4.74. The molecule has 8 nitrogen and oxygen atoms in total. The van der Waals surface area contributed by atoms with Crippen LogP contribution in [0.3, 0.4) is 0 Å². The summed E-state index contributed by atoms with van der Waals surface area (Å²) < 4.78 is 25.2. The number of likely N-dealkylation sites (N-methyl/N-ethyl adjacent to an activating group) is 1. The molecule has 2 aromatic carbocycles. The van der Waals surface area contributed by atoms with E-state index in [9.17, 15) is 18.3 Å². The van der Waals surface area contributed by atoms with E-state index in [0.717, 1.165) is 33.0 Å². The third-order valence-corrected chi connectivity index (χ3v) is 8.42. The number of rotatable bonds is 8. The Morgan fingerprint density at radius 3 is 2.61 bits per heavy atom. The lowest BCUT2D eigenvalue weighted by molar-refractivity contribution is 0.0927. The average Bonchev–Trinajstić information content (AvgIpc) is 3.23. The summed E-state index contributed by atoms with van der Waals surface area (Å²) in [6.07, 6.45) is 1.78. The molecule has 0 bridgehead atoms. The molecule has 2 heterocycles. The lowest BCUT2D eigenvalue weighted by Gasteiger charge is -2.22. The fourth-order valence-corrected chi connectivity index (χ4v) is 5.32. The number of aromatic nitrogens is 2. The molecule has 9 heteroatoms. The molecule has 0 saturated carbocycles. The molecule has 0 saturated heterocycles. The largest absolute Gasteiger partial charge is 0.395 e. The molecule has 36 heavy (non-hydrogen) atoms. The van der Waals surface area contributed by atoms with Gasteiger partial charge in [-0.2, -0.15) is 0 Å². The van der Waals surface area contributed by atoms with Crippen molar-refractivity contribution < 1.29 is 18.3 Å². The second kappa shape index (κ2) is 10.0. The topological polar surface area (TPSA) is 115 Å². The van der Waals surface area contributed by atoms with Crippen LogP contribution < -0.4 is 5.32 Å². The molecule has 0 spiro atoms. The fourth-order valence-electron chi connectivity index (χ4n) is 4.40. The molecule has 0 radical (unpaired) electrons. The number of nitrogens with one attached hydrogen (secondary N) is 2. The van der Waals surface area contributed by atoms with Gasteiger partial charge >= 0.3 is 0 Å². The Balaban J connectivity index is 1.95. The highest BCUT2D eigenvalue weighted by molar-refractivity contribution is 7.91. The smallest absolute Gasteiger partial charge is 0.251 e. The minimum absolute atomic E-state index is 0.00150. The van der Waals surface area contributed by atoms with Gasteiger partial charge in [0.05, 0.1) is 22.8 Å². The maximum atomic E-state index is 13.3. The second-order valence-electron chi connectivity index (χ2n) is 9.32. The van der Waals surface area contributed by atoms with Crippen LogP contribution in [0.15, 0.2) is 47.5 Å². The van der Waals surface area contributed by atoms with Gasteiger partial charge in [-0.1, -0.05) is 19.1 Å². The number of aliphatic hydroxyl groups is 1. The Hall–Kier alpha value is -3.27. The SMILES string of the molecule is CCS(=O)(=O)c1cccc(-c2cc(C(=O)NC[C@@H](CO)N(C)C)c(C)c3[nH]c4ncc(C)cc4c23)c1. The molecular formula is C27H32N4O4S. The van der Waals surface area contributed by atoms with E-state index in [2.05, 4.69) is 15.3 Å². The van der Waals surface area contributed by atoms with Crippen molar-refractivity contribution in [3.8, 4) is 11.1 Å². The van der Waals surface area contributed by atoms with Crippen LogP contribution in [0.4, 0.5) is 0 Å². The first-order valence-corrected chi connectivity index (χ1v) is 13.5. The molecule has 0 aliphatic rings. The summed E-state index contributed by atoms with van der Waals surface area (Å²) in [4.78, 5) is 23.4. The van der Waals surface area contributed by atoms with Crippen LogP contribution in [-0.4, -0.2) is 73.3 Å². The van der Waals surface area contributed by atoms with E-state index in [1.807, 2.05) is 51.0 Å². The van der Waals surface area contributed by atoms with Crippen molar-refractivity contribution >= 4 is 37.7 Å². The highest BCUT2D eigenvalue weighted by Gasteiger charge is 2.22. The first-order valence-electron chi connectivity index (χ1n) is 11.9. The minimum atomic E-state index is -3.41. The van der Waals surface area contributed by atoms with E-state index >= 15 is 0 Å². The van der Waals surface area contributed by atoms with Crippen molar-refractivity contribution in [1.82, 2.24) is 20.2 Å². The zero-order chi connectivity index (χ0) is 26.2. The number of aromatic amines is 1. The van der Waals surface area contributed by atoms with Crippen molar-refractivity contribution in [3.05, 3.63) is 59.3 Å². The quantitative estimate of drug-likeness (QED) is 0.336. The molecule has 0 aliphatic carbocycles. The van der Waals surface area contributed by atoms with E-state index in [0.29, 0.717) is 16.8 Å². The minimum Gasteiger partial charge on any atom is -0.395 e. The Kier molecular flexibility index (Phi) is 7.17. The molecular weight excluding hydrogens is 476 g/mol. The van der Waals surface area contributed by atoms with Crippen molar-refractivity contribution in [2.75, 3.05) is 33.0 Å². The van der Waals surface area contributed by atoms with Gasteiger partial charge in [0.2, 0.25) is 0 Å². The number of amides is 1. The monoisotopic (exact) mass is 508 g/mol. The first-order chi connectivity index (χ1) is 17.1. The van der Waals surface area contributed by atoms with Crippen molar-refractivity contribution in [2.45, 2.75) is 31.7 Å². The van der Waals surface area contributed by atoms with Gasteiger partial charge in [-0.15, -0.1) is 0 Å². The number of carbonyl (C=O) groups is 1. The molecule has 1 amide bonds. The standard InChI is InChI=1S/C27H32N4O4S/c1-6-36(34,35)20-9-7-8-18(11-20)22-12-21(27(33)29-14-19(15-32)31(4)5)17(3)25-24(22)23-10-16(2)13-28-26(23)30-25/h7-13,19,32H,6,14-15H2,1-5H3,(H,28,30)(H,29,33)/t19-/m0/s1. The summed E-state index contributed by atoms with van der Waals surface area (Å²) in [5, 5.41) is 14.4. The summed E-state index contributed by atoms with van der Waals surface area (Å²) in [6, 6.07) is 10.5. The Bertz CT molecular complexity index is 1560. The molecule has 0 fully saturated rings. The molecule has 190 valence electrons. The lowest BCUT2D eigenvalue weighted by atomic mass is 9.93. The average molecular weight is 509 g/mol. The first kappa shape index (κ1) is 25.8. The van der Waals surface area contributed by atoms with Gasteiger partial charge in [0.15, 0.2) is 9.84 Å². The molecule has 4 aromatic rings. The van der Waals surface area contributed by atoms with Gasteiger partial charge in [-0.3, -0.25) is 4.79 Å². The number of benzene rings is 2. The van der Waals surface area contributed by atoms with Crippen LogP contribution in [-0.2, 0) is 9.84 Å². The number of fused-ring (bicyclic) bond motifs is 3. The summed E-state index contributed by atoms with van der Waals surface area (Å²) in [7, 11) is 0.284. The Labute approximate surface area is 211 Å². The van der Waals surface area contributed by atoms with Gasteiger partial charge in [0.1, 0.15) is 5.65 Å². The van der Waals surface area contributed by atoms with Crippen LogP contribution in [0.1, 0.15) is 28.4 Å². The van der Waals surface area contributed by atoms with Crippen molar-refractivity contribution in [1.29, 1.82) is 0 Å². The number of H-pyrrole nitrogens is 1. The maximum Gasteiger partial charge on any atom is 0.251 e. The van der Waals surface area contributed by atoms with Crippen LogP contribution >= 0.6 is 0 Å². The van der Waals surface area contributed by atoms with E-state index in [1.165, 1.54) is 0 Å². The number of pyridine rings is 1. The van der Waals surface area contributed by atoms with E-state index in [1.54, 1.807) is 31.3 Å². The Morgan fingerprint density at radius 1 is 1.19 bits per heavy atom. The van der Waals surface area contributed by atoms with Crippen LogP contribution in [0, 0.1) is 13.8 Å². The van der Waals surface area contributed by atoms with Crippen LogP contribution in [0.25, 0.3) is 33.1 Å². The maximum absolute atomic E-state index is 13.3. The van der Waals surface area contributed by atoms with Crippen molar-refractivity contribution in [2.24, 2.45) is 0 Å². The van der Waals surface area contributed by atoms with E-state index in [-0.39, 0.29) is 35.7 Å². The molecule has 0 unspecified atom stereocenters. The van der Waals surface area contributed by atoms with Gasteiger partial charge in [-0.25, -0.2) is 13.4 Å². The molecule has 3 N–H and O–H groups in total. The highest BCUT2D eigenvalue weighted by Crippen LogP contribution is 2.38. The third-order valence-electron chi connectivity index (χ3n) is 6.69. The Morgan fingerprint density at radius 2 is 1.94 bits per heavy atom. The molecule has 4 rings (SSSR count). The number of hydrogen-bond acceptors (Lipinski definition) is 6. The summed E-state index contributed by atoms with van der Waals surface area (Å²) in [5.74, 6) is -0.266. The van der Waals surface area contributed by atoms with Crippen LogP contribution in [0.5, 0.6) is 0 Å². The number of sulfone groups is 1. The fraction of sp³-hybridized carbons (Fsp3) is 0.333. The van der Waals surface area contributed by atoms with Crippen molar-refractivity contribution in [3.63, 3.8) is 0 Å². The highest BCUT2D eigenvalue weighted by atomic mass is 32.2. The zero-order valence-electron chi connectivity index (χ0n) is 21.2. The number of aryl methyl sites for hydroxylation is 2. The van der Waals surface area contributed by atoms with Gasteiger partial charge in [0, 0.05) is 35.1 Å². The van der Waals surface area contributed by atoms with E-state index in [4.69, 9.17) is 0 Å². The number of carbonyl (C=O) groups excluding carboxylic acids is 1. The molecule has 1 atom stereocenters. The van der Waals surface area contributed by atoms with Gasteiger partial charge in [-0.05, 0) is 74.5 Å². The van der Waals surface area contributed by atoms with Gasteiger partial charge in [0.25, 0.3) is 5.91 Å². The summed E-state index contributed by atoms with van der Waals surface area (Å²) >= 11 is 0. The van der Waals surface area contributed by atoms with E-state index < -0.39 is 9.84 Å². The number of nitrogens with zero attached hydrogens (tertiary/aromatic N) is 2. The summed E-state index contributed by atoms with van der Waals surface area (Å²) in [6.45, 7) is 5.68. The van der Waals surface area contributed by atoms with Gasteiger partial charge < -0.3 is 20.3 Å².